The summed E-state index contributed by atoms with van der Waals surface area (Å²) in [6.45, 7) is 4.88. The highest BCUT2D eigenvalue weighted by atomic mass is 16.1. The van der Waals surface area contributed by atoms with Gasteiger partial charge in [-0.2, -0.15) is 0 Å². The summed E-state index contributed by atoms with van der Waals surface area (Å²) in [5.74, 6) is 0.485. The lowest BCUT2D eigenvalue weighted by Gasteiger charge is -2.10. The van der Waals surface area contributed by atoms with Crippen molar-refractivity contribution < 1.29 is 4.98 Å². The second-order valence-corrected chi connectivity index (χ2v) is 7.85. The molecule has 146 valence electrons. The van der Waals surface area contributed by atoms with Gasteiger partial charge in [0.25, 0.3) is 5.56 Å². The van der Waals surface area contributed by atoms with Crippen molar-refractivity contribution in [2.45, 2.75) is 26.8 Å². The van der Waals surface area contributed by atoms with Crippen molar-refractivity contribution in [3.63, 3.8) is 0 Å². The van der Waals surface area contributed by atoms with Crippen molar-refractivity contribution in [1.82, 2.24) is 4.98 Å². The van der Waals surface area contributed by atoms with Crippen LogP contribution in [0.2, 0.25) is 0 Å². The van der Waals surface area contributed by atoms with Gasteiger partial charge in [0.15, 0.2) is 0 Å². The summed E-state index contributed by atoms with van der Waals surface area (Å²) < 4.78 is 0. The molecule has 0 bridgehead atoms. The number of nitrogens with one attached hydrogen (secondary N) is 2. The van der Waals surface area contributed by atoms with Gasteiger partial charge >= 0.3 is 0 Å². The van der Waals surface area contributed by atoms with Gasteiger partial charge in [-0.15, -0.1) is 0 Å². The summed E-state index contributed by atoms with van der Waals surface area (Å²) in [4.78, 5) is 19.2. The Morgan fingerprint density at radius 2 is 1.72 bits per heavy atom. The Kier molecular flexibility index (Phi) is 5.28. The molecule has 0 aliphatic carbocycles. The number of hydrogen-bond acceptors (Lipinski definition) is 2. The molecule has 0 unspecified atom stereocenters. The maximum Gasteiger partial charge on any atom is 0.261 e. The first-order valence-electron chi connectivity index (χ1n) is 10.0. The molecule has 0 amide bonds. The number of fused-ring (bicyclic) bond motifs is 1. The number of H-pyrrole nitrogens is 2. The highest BCUT2D eigenvalue weighted by Crippen LogP contribution is 2.31. The lowest BCUT2D eigenvalue weighted by molar-refractivity contribution is -0.330. The van der Waals surface area contributed by atoms with Crippen molar-refractivity contribution in [3.05, 3.63) is 88.3 Å². The molecule has 0 fully saturated rings. The van der Waals surface area contributed by atoms with E-state index < -0.39 is 0 Å². The van der Waals surface area contributed by atoms with Crippen molar-refractivity contribution in [2.24, 2.45) is 11.7 Å². The zero-order valence-electron chi connectivity index (χ0n) is 16.8. The van der Waals surface area contributed by atoms with E-state index in [1.54, 1.807) is 0 Å². The van der Waals surface area contributed by atoms with Crippen LogP contribution in [0.15, 0.2) is 71.7 Å². The Bertz CT molecular complexity index is 1190. The third-order valence-electron chi connectivity index (χ3n) is 5.21. The number of pyridine rings is 2. The molecule has 4 nitrogen and oxygen atoms in total. The molecule has 0 saturated heterocycles. The summed E-state index contributed by atoms with van der Waals surface area (Å²) >= 11 is 0. The maximum absolute atomic E-state index is 12.6. The quantitative estimate of drug-likeness (QED) is 0.537. The van der Waals surface area contributed by atoms with Crippen LogP contribution >= 0.6 is 0 Å². The zero-order chi connectivity index (χ0) is 20.4. The van der Waals surface area contributed by atoms with Crippen molar-refractivity contribution >= 4 is 10.9 Å². The smallest absolute Gasteiger partial charge is 0.261 e. The lowest BCUT2D eigenvalue weighted by Crippen LogP contribution is -2.19. The molecular formula is C25H26N3O+. The summed E-state index contributed by atoms with van der Waals surface area (Å²) in [5.41, 5.74) is 12.9. The summed E-state index contributed by atoms with van der Waals surface area (Å²) in [6, 6.07) is 20.4. The van der Waals surface area contributed by atoms with E-state index in [2.05, 4.69) is 60.2 Å². The van der Waals surface area contributed by atoms with Gasteiger partial charge in [0.1, 0.15) is 5.39 Å². The van der Waals surface area contributed by atoms with Crippen LogP contribution in [0.4, 0.5) is 0 Å². The number of aromatic amines is 2. The third kappa shape index (κ3) is 3.84. The van der Waals surface area contributed by atoms with E-state index in [4.69, 9.17) is 5.73 Å². The van der Waals surface area contributed by atoms with Gasteiger partial charge < -0.3 is 10.7 Å². The molecule has 2 aromatic heterocycles. The number of rotatable bonds is 5. The third-order valence-corrected chi connectivity index (χ3v) is 5.21. The molecular weight excluding hydrogens is 358 g/mol. The Morgan fingerprint density at radius 3 is 2.38 bits per heavy atom. The van der Waals surface area contributed by atoms with E-state index in [0.717, 1.165) is 45.4 Å². The first kappa shape index (κ1) is 19.1. The molecule has 2 heterocycles. The maximum atomic E-state index is 12.6. The summed E-state index contributed by atoms with van der Waals surface area (Å²) in [7, 11) is 0. The number of nitrogens with two attached hydrogens (primary N) is 1. The van der Waals surface area contributed by atoms with Crippen molar-refractivity contribution in [2.75, 3.05) is 0 Å². The Balaban J connectivity index is 2.03. The molecule has 0 atom stereocenters. The molecule has 0 aliphatic heterocycles. The van der Waals surface area contributed by atoms with Gasteiger partial charge in [-0.1, -0.05) is 56.3 Å². The van der Waals surface area contributed by atoms with Crippen LogP contribution in [0.3, 0.4) is 0 Å². The van der Waals surface area contributed by atoms with E-state index in [1.807, 2.05) is 30.5 Å². The van der Waals surface area contributed by atoms with E-state index in [9.17, 15) is 4.79 Å². The van der Waals surface area contributed by atoms with Crippen molar-refractivity contribution in [3.8, 4) is 22.4 Å². The molecule has 4 heteroatoms. The van der Waals surface area contributed by atoms with Crippen LogP contribution in [-0.4, -0.2) is 4.98 Å². The van der Waals surface area contributed by atoms with Crippen LogP contribution in [0.1, 0.15) is 25.0 Å². The fraction of sp³-hybridized carbons (Fsp3) is 0.200. The van der Waals surface area contributed by atoms with Crippen LogP contribution in [-0.2, 0) is 13.0 Å². The Morgan fingerprint density at radius 1 is 1.00 bits per heavy atom. The molecule has 4 N–H and O–H groups in total. The minimum absolute atomic E-state index is 0.0778. The van der Waals surface area contributed by atoms with Gasteiger partial charge in [0.2, 0.25) is 11.2 Å². The molecule has 0 saturated carbocycles. The Labute approximate surface area is 170 Å². The first-order valence-corrected chi connectivity index (χ1v) is 10.0. The first-order chi connectivity index (χ1) is 14.1. The van der Waals surface area contributed by atoms with Crippen molar-refractivity contribution in [1.29, 1.82) is 0 Å². The number of benzene rings is 2. The van der Waals surface area contributed by atoms with Crippen LogP contribution < -0.4 is 16.3 Å². The Hall–Kier alpha value is -3.24. The van der Waals surface area contributed by atoms with E-state index >= 15 is 0 Å². The van der Waals surface area contributed by atoms with E-state index in [-0.39, 0.29) is 5.56 Å². The van der Waals surface area contributed by atoms with E-state index in [0.29, 0.717) is 17.8 Å². The monoisotopic (exact) mass is 384 g/mol. The predicted octanol–water partition coefficient (Wildman–Crippen LogP) is 4.33. The lowest BCUT2D eigenvalue weighted by atomic mass is 9.95. The van der Waals surface area contributed by atoms with Crippen LogP contribution in [0.25, 0.3) is 33.3 Å². The van der Waals surface area contributed by atoms with Crippen LogP contribution in [0, 0.1) is 5.92 Å². The van der Waals surface area contributed by atoms with Gasteiger partial charge in [-0.3, -0.25) is 4.79 Å². The minimum atomic E-state index is -0.0778. The average Bonchev–Trinajstić information content (AvgIpc) is 2.75. The average molecular weight is 385 g/mol. The zero-order valence-corrected chi connectivity index (χ0v) is 16.8. The second kappa shape index (κ2) is 8.02. The fourth-order valence-electron chi connectivity index (χ4n) is 3.76. The molecule has 4 aromatic rings. The second-order valence-electron chi connectivity index (χ2n) is 7.85. The molecule has 0 aliphatic rings. The molecule has 29 heavy (non-hydrogen) atoms. The SMILES string of the molecule is CC(C)Cc1c[nH]c(=O)c2cc(-c3ccccc3)c(-c3ccc(CN)cc3)[nH+]c12. The topological polar surface area (TPSA) is 73.0 Å². The van der Waals surface area contributed by atoms with Gasteiger partial charge in [0.05, 0.1) is 5.56 Å². The molecule has 0 radical (unpaired) electrons. The highest BCUT2D eigenvalue weighted by molar-refractivity contribution is 5.88. The van der Waals surface area contributed by atoms with E-state index in [1.165, 1.54) is 0 Å². The largest absolute Gasteiger partial charge is 0.328 e. The van der Waals surface area contributed by atoms with Gasteiger partial charge in [-0.05, 0) is 41.7 Å². The van der Waals surface area contributed by atoms with Gasteiger partial charge in [-0.25, -0.2) is 4.98 Å². The highest BCUT2D eigenvalue weighted by Gasteiger charge is 2.21. The standard InChI is InChI=1S/C25H25N3O/c1-16(2)12-20-15-27-25(29)22-13-21(18-6-4-3-5-7-18)23(28-24(20)22)19-10-8-17(14-26)9-11-19/h3-11,13,15-16H,12,14,26H2,1-2H3,(H,27,29)/p+1. The minimum Gasteiger partial charge on any atom is -0.328 e. The van der Waals surface area contributed by atoms with Crippen LogP contribution in [0.5, 0.6) is 0 Å². The predicted molar refractivity (Wildman–Crippen MR) is 118 cm³/mol. The number of aromatic nitrogens is 2. The molecule has 4 rings (SSSR count). The fourth-order valence-corrected chi connectivity index (χ4v) is 3.76. The normalized spacial score (nSPS) is 11.3. The summed E-state index contributed by atoms with van der Waals surface area (Å²) in [6.07, 6.45) is 2.73. The molecule has 2 aromatic carbocycles. The molecule has 0 spiro atoms. The summed E-state index contributed by atoms with van der Waals surface area (Å²) in [5, 5.41) is 0.685. The number of hydrogen-bond donors (Lipinski definition) is 2. The van der Waals surface area contributed by atoms with Gasteiger partial charge in [0, 0.05) is 23.9 Å².